The summed E-state index contributed by atoms with van der Waals surface area (Å²) in [4.78, 5) is 11.8. The third-order valence-corrected chi connectivity index (χ3v) is 4.36. The van der Waals surface area contributed by atoms with E-state index in [1.165, 1.54) is 0 Å². The largest absolute Gasteiger partial charge is 0.445 e. The second-order valence-electron chi connectivity index (χ2n) is 5.96. The fraction of sp³-hybridized carbons (Fsp3) is 0.562. The number of nitrogens with one attached hydrogen (secondary N) is 2. The van der Waals surface area contributed by atoms with Crippen LogP contribution < -0.4 is 10.6 Å². The SMILES string of the molecule is O=C(NC1CC2(CCNCC2)CO1)OCc1ccccc1. The molecule has 5 heteroatoms. The number of hydrogen-bond acceptors (Lipinski definition) is 4. The standard InChI is InChI=1S/C16H22N2O3/c19-15(20-11-13-4-2-1-3-5-13)18-14-10-16(12-21-14)6-8-17-9-7-16/h1-5,14,17H,6-12H2,(H,18,19). The molecule has 1 amide bonds. The van der Waals surface area contributed by atoms with Gasteiger partial charge in [0.25, 0.3) is 0 Å². The fourth-order valence-electron chi connectivity index (χ4n) is 3.08. The fourth-order valence-corrected chi connectivity index (χ4v) is 3.08. The summed E-state index contributed by atoms with van der Waals surface area (Å²) in [5.41, 5.74) is 1.22. The van der Waals surface area contributed by atoms with Gasteiger partial charge in [0.2, 0.25) is 0 Å². The molecular weight excluding hydrogens is 268 g/mol. The van der Waals surface area contributed by atoms with Crippen molar-refractivity contribution < 1.29 is 14.3 Å². The molecule has 2 N–H and O–H groups in total. The molecule has 2 aliphatic heterocycles. The van der Waals surface area contributed by atoms with Crippen LogP contribution in [-0.2, 0) is 16.1 Å². The second-order valence-corrected chi connectivity index (χ2v) is 5.96. The monoisotopic (exact) mass is 290 g/mol. The molecule has 0 aliphatic carbocycles. The summed E-state index contributed by atoms with van der Waals surface area (Å²) in [6.07, 6.45) is 2.49. The van der Waals surface area contributed by atoms with Gasteiger partial charge in [-0.25, -0.2) is 4.79 Å². The highest BCUT2D eigenvalue weighted by Gasteiger charge is 2.41. The molecule has 5 nitrogen and oxygen atoms in total. The third kappa shape index (κ3) is 3.74. The summed E-state index contributed by atoms with van der Waals surface area (Å²) < 4.78 is 11.0. The van der Waals surface area contributed by atoms with Gasteiger partial charge in [-0.05, 0) is 31.5 Å². The minimum Gasteiger partial charge on any atom is -0.445 e. The number of carbonyl (C=O) groups is 1. The quantitative estimate of drug-likeness (QED) is 0.894. The van der Waals surface area contributed by atoms with Crippen LogP contribution >= 0.6 is 0 Å². The van der Waals surface area contributed by atoms with E-state index in [1.54, 1.807) is 0 Å². The number of hydrogen-bond donors (Lipinski definition) is 2. The maximum atomic E-state index is 11.8. The summed E-state index contributed by atoms with van der Waals surface area (Å²) in [6, 6.07) is 9.66. The summed E-state index contributed by atoms with van der Waals surface area (Å²) in [5.74, 6) is 0. The zero-order valence-corrected chi connectivity index (χ0v) is 12.1. The van der Waals surface area contributed by atoms with E-state index in [4.69, 9.17) is 9.47 Å². The average Bonchev–Trinajstić information content (AvgIpc) is 2.89. The summed E-state index contributed by atoms with van der Waals surface area (Å²) in [7, 11) is 0. The predicted octanol–water partition coefficient (Wildman–Crippen LogP) is 2.03. The van der Waals surface area contributed by atoms with Gasteiger partial charge in [0, 0.05) is 11.8 Å². The molecule has 0 saturated carbocycles. The Kier molecular flexibility index (Phi) is 4.41. The van der Waals surface area contributed by atoms with E-state index >= 15 is 0 Å². The molecule has 2 aliphatic rings. The first-order valence-corrected chi connectivity index (χ1v) is 7.55. The van der Waals surface area contributed by atoms with Gasteiger partial charge < -0.3 is 14.8 Å². The molecule has 2 fully saturated rings. The highest BCUT2D eigenvalue weighted by molar-refractivity contribution is 5.67. The van der Waals surface area contributed by atoms with Crippen LogP contribution in [0.3, 0.4) is 0 Å². The number of ether oxygens (including phenoxy) is 2. The maximum absolute atomic E-state index is 11.8. The Morgan fingerprint density at radius 2 is 2.10 bits per heavy atom. The van der Waals surface area contributed by atoms with Gasteiger partial charge in [-0.1, -0.05) is 30.3 Å². The Bertz CT molecular complexity index is 472. The molecule has 0 aromatic heterocycles. The molecule has 1 atom stereocenters. The molecule has 3 rings (SSSR count). The number of benzene rings is 1. The highest BCUT2D eigenvalue weighted by atomic mass is 16.6. The first kappa shape index (κ1) is 14.4. The Labute approximate surface area is 125 Å². The lowest BCUT2D eigenvalue weighted by molar-refractivity contribution is 0.0584. The van der Waals surface area contributed by atoms with Crippen LogP contribution in [0, 0.1) is 5.41 Å². The molecule has 21 heavy (non-hydrogen) atoms. The van der Waals surface area contributed by atoms with Gasteiger partial charge in [-0.3, -0.25) is 5.32 Å². The van der Waals surface area contributed by atoms with Crippen LogP contribution in [0.15, 0.2) is 30.3 Å². The van der Waals surface area contributed by atoms with E-state index in [0.29, 0.717) is 0 Å². The Morgan fingerprint density at radius 3 is 2.86 bits per heavy atom. The zero-order valence-electron chi connectivity index (χ0n) is 12.1. The average molecular weight is 290 g/mol. The molecule has 1 spiro atoms. The second kappa shape index (κ2) is 6.45. The first-order chi connectivity index (χ1) is 10.3. The molecule has 1 aromatic rings. The number of carbonyl (C=O) groups excluding carboxylic acids is 1. The van der Waals surface area contributed by atoms with Gasteiger partial charge in [0.15, 0.2) is 0 Å². The molecule has 1 aromatic carbocycles. The maximum Gasteiger partial charge on any atom is 0.409 e. The van der Waals surface area contributed by atoms with Crippen molar-refractivity contribution in [2.24, 2.45) is 5.41 Å². The minimum absolute atomic E-state index is 0.216. The minimum atomic E-state index is -0.408. The van der Waals surface area contributed by atoms with Crippen LogP contribution in [0.1, 0.15) is 24.8 Å². The van der Waals surface area contributed by atoms with E-state index in [-0.39, 0.29) is 18.2 Å². The third-order valence-electron chi connectivity index (χ3n) is 4.36. The van der Waals surface area contributed by atoms with Crippen molar-refractivity contribution in [3.63, 3.8) is 0 Å². The molecule has 114 valence electrons. The van der Waals surface area contributed by atoms with Crippen LogP contribution in [0.4, 0.5) is 4.79 Å². The van der Waals surface area contributed by atoms with Crippen LogP contribution in [0.2, 0.25) is 0 Å². The lowest BCUT2D eigenvalue weighted by atomic mass is 9.78. The van der Waals surface area contributed by atoms with Gasteiger partial charge in [0.05, 0.1) is 6.61 Å². The van der Waals surface area contributed by atoms with Crippen LogP contribution in [0.25, 0.3) is 0 Å². The topological polar surface area (TPSA) is 59.6 Å². The van der Waals surface area contributed by atoms with E-state index in [9.17, 15) is 4.79 Å². The number of piperidine rings is 1. The van der Waals surface area contributed by atoms with E-state index < -0.39 is 6.09 Å². The van der Waals surface area contributed by atoms with Crippen molar-refractivity contribution in [1.82, 2.24) is 10.6 Å². The summed E-state index contributed by atoms with van der Waals surface area (Å²) in [6.45, 7) is 3.09. The van der Waals surface area contributed by atoms with Gasteiger partial charge in [-0.15, -0.1) is 0 Å². The van der Waals surface area contributed by atoms with Crippen molar-refractivity contribution in [2.75, 3.05) is 19.7 Å². The Morgan fingerprint density at radius 1 is 1.33 bits per heavy atom. The molecule has 0 radical (unpaired) electrons. The highest BCUT2D eigenvalue weighted by Crippen LogP contribution is 2.39. The number of amides is 1. The van der Waals surface area contributed by atoms with Crippen LogP contribution in [0.5, 0.6) is 0 Å². The van der Waals surface area contributed by atoms with Crippen molar-refractivity contribution in [1.29, 1.82) is 0 Å². The molecule has 0 bridgehead atoms. The number of alkyl carbamates (subject to hydrolysis) is 1. The van der Waals surface area contributed by atoms with Crippen molar-refractivity contribution in [3.8, 4) is 0 Å². The molecule has 2 heterocycles. The van der Waals surface area contributed by atoms with E-state index in [1.807, 2.05) is 30.3 Å². The Balaban J connectivity index is 1.43. The lowest BCUT2D eigenvalue weighted by Crippen LogP contribution is -2.39. The van der Waals surface area contributed by atoms with Gasteiger partial charge in [-0.2, -0.15) is 0 Å². The molecule has 1 unspecified atom stereocenters. The van der Waals surface area contributed by atoms with Gasteiger partial charge in [0.1, 0.15) is 12.8 Å². The lowest BCUT2D eigenvalue weighted by Gasteiger charge is -2.32. The van der Waals surface area contributed by atoms with E-state index in [2.05, 4.69) is 10.6 Å². The van der Waals surface area contributed by atoms with Crippen molar-refractivity contribution >= 4 is 6.09 Å². The summed E-state index contributed by atoms with van der Waals surface area (Å²) >= 11 is 0. The van der Waals surface area contributed by atoms with Crippen molar-refractivity contribution in [2.45, 2.75) is 32.1 Å². The number of rotatable bonds is 3. The normalized spacial score (nSPS) is 23.9. The predicted molar refractivity (Wildman–Crippen MR) is 78.7 cm³/mol. The smallest absolute Gasteiger partial charge is 0.409 e. The Hall–Kier alpha value is -1.59. The van der Waals surface area contributed by atoms with Crippen LogP contribution in [-0.4, -0.2) is 32.0 Å². The van der Waals surface area contributed by atoms with Crippen molar-refractivity contribution in [3.05, 3.63) is 35.9 Å². The zero-order chi connectivity index (χ0) is 14.5. The van der Waals surface area contributed by atoms with Gasteiger partial charge >= 0.3 is 6.09 Å². The van der Waals surface area contributed by atoms with E-state index in [0.717, 1.165) is 44.5 Å². The first-order valence-electron chi connectivity index (χ1n) is 7.55. The molecular formula is C16H22N2O3. The molecule has 2 saturated heterocycles. The summed E-state index contributed by atoms with van der Waals surface area (Å²) in [5, 5.41) is 6.18.